The number of aliphatic imine (C=N–C) groups is 1. The Morgan fingerprint density at radius 2 is 1.66 bits per heavy atom. The van der Waals surface area contributed by atoms with Gasteiger partial charge in [0, 0.05) is 55.4 Å². The summed E-state index contributed by atoms with van der Waals surface area (Å²) in [5, 5.41) is 11.7. The maximum atomic E-state index is 14.1. The SMILES string of the molecule is C=C1/C(=C\N=C(C)Nc2ccc(N3CCN(C)CC3)cc2OC)CCCc2c(C(=O)Nc3c(CC)cccc3CC)nn(Cc3ccc(OC)cc3)c21. The fourth-order valence-corrected chi connectivity index (χ4v) is 7.20. The maximum Gasteiger partial charge on any atom is 0.276 e. The summed E-state index contributed by atoms with van der Waals surface area (Å²) in [5.74, 6) is 2.09. The molecule has 0 atom stereocenters. The third-order valence-corrected chi connectivity index (χ3v) is 10.3. The molecule has 0 radical (unpaired) electrons. The van der Waals surface area contributed by atoms with Gasteiger partial charge in [0.05, 0.1) is 32.1 Å². The number of benzene rings is 3. The minimum Gasteiger partial charge on any atom is -0.497 e. The molecular formula is C43H53N7O3. The van der Waals surface area contributed by atoms with Crippen LogP contribution in [-0.2, 0) is 25.8 Å². The number of aromatic nitrogens is 2. The van der Waals surface area contributed by atoms with Crippen molar-refractivity contribution >= 4 is 34.4 Å². The molecule has 1 aliphatic heterocycles. The number of anilines is 3. The van der Waals surface area contributed by atoms with Crippen molar-refractivity contribution in [1.82, 2.24) is 14.7 Å². The summed E-state index contributed by atoms with van der Waals surface area (Å²) in [5.41, 5.74) is 10.2. The predicted molar refractivity (Wildman–Crippen MR) is 217 cm³/mol. The molecule has 1 fully saturated rings. The number of aryl methyl sites for hydroxylation is 2. The molecule has 1 saturated heterocycles. The Morgan fingerprint density at radius 3 is 2.32 bits per heavy atom. The number of amidine groups is 1. The zero-order valence-electron chi connectivity index (χ0n) is 32.1. The fraction of sp³-hybridized carbons (Fsp3) is 0.372. The van der Waals surface area contributed by atoms with Crippen molar-refractivity contribution in [3.05, 3.63) is 113 Å². The molecule has 1 aliphatic carbocycles. The van der Waals surface area contributed by atoms with Gasteiger partial charge in [-0.2, -0.15) is 5.10 Å². The lowest BCUT2D eigenvalue weighted by atomic mass is 10.0. The quantitative estimate of drug-likeness (QED) is 0.0928. The van der Waals surface area contributed by atoms with E-state index in [9.17, 15) is 4.79 Å². The predicted octanol–water partition coefficient (Wildman–Crippen LogP) is 7.84. The first-order chi connectivity index (χ1) is 25.7. The Balaban J connectivity index is 1.29. The summed E-state index contributed by atoms with van der Waals surface area (Å²) < 4.78 is 13.1. The Labute approximate surface area is 314 Å². The second-order valence-electron chi connectivity index (χ2n) is 13.8. The second kappa shape index (κ2) is 17.0. The number of rotatable bonds is 11. The van der Waals surface area contributed by atoms with E-state index in [0.29, 0.717) is 18.7 Å². The van der Waals surface area contributed by atoms with Crippen LogP contribution in [0.5, 0.6) is 11.5 Å². The smallest absolute Gasteiger partial charge is 0.276 e. The molecule has 2 aliphatic rings. The van der Waals surface area contributed by atoms with Gasteiger partial charge < -0.3 is 29.9 Å². The molecular weight excluding hydrogens is 663 g/mol. The molecule has 4 aromatic rings. The molecule has 10 nitrogen and oxygen atoms in total. The van der Waals surface area contributed by atoms with E-state index in [1.807, 2.05) is 42.1 Å². The minimum atomic E-state index is -0.198. The molecule has 2 heterocycles. The van der Waals surface area contributed by atoms with E-state index in [2.05, 4.69) is 84.3 Å². The van der Waals surface area contributed by atoms with Crippen molar-refractivity contribution in [2.24, 2.45) is 4.99 Å². The highest BCUT2D eigenvalue weighted by atomic mass is 16.5. The van der Waals surface area contributed by atoms with Crippen molar-refractivity contribution in [1.29, 1.82) is 0 Å². The number of carbonyl (C=O) groups is 1. The van der Waals surface area contributed by atoms with E-state index in [0.717, 1.165) is 125 Å². The average molecular weight is 716 g/mol. The van der Waals surface area contributed by atoms with Crippen LogP contribution in [0.3, 0.4) is 0 Å². The van der Waals surface area contributed by atoms with Gasteiger partial charge in [-0.05, 0) is 98.2 Å². The molecule has 6 rings (SSSR count). The van der Waals surface area contributed by atoms with Crippen LogP contribution in [0, 0.1) is 0 Å². The number of nitrogens with one attached hydrogen (secondary N) is 2. The van der Waals surface area contributed by atoms with E-state index in [4.69, 9.17) is 19.6 Å². The summed E-state index contributed by atoms with van der Waals surface area (Å²) in [6.07, 6.45) is 5.85. The van der Waals surface area contributed by atoms with Gasteiger partial charge in [-0.3, -0.25) is 9.48 Å². The minimum absolute atomic E-state index is 0.198. The number of para-hydroxylation sites is 1. The van der Waals surface area contributed by atoms with Gasteiger partial charge in [0.1, 0.15) is 17.3 Å². The molecule has 0 bridgehead atoms. The summed E-state index contributed by atoms with van der Waals surface area (Å²) >= 11 is 0. The first-order valence-electron chi connectivity index (χ1n) is 18.7. The average Bonchev–Trinajstić information content (AvgIpc) is 3.45. The normalized spacial score (nSPS) is 16.0. The molecule has 10 heteroatoms. The van der Waals surface area contributed by atoms with Gasteiger partial charge in [0.25, 0.3) is 5.91 Å². The monoisotopic (exact) mass is 715 g/mol. The van der Waals surface area contributed by atoms with E-state index < -0.39 is 0 Å². The van der Waals surface area contributed by atoms with Gasteiger partial charge in [0.2, 0.25) is 0 Å². The third kappa shape index (κ3) is 8.49. The zero-order chi connectivity index (χ0) is 37.5. The number of ether oxygens (including phenoxy) is 2. The molecule has 2 N–H and O–H groups in total. The third-order valence-electron chi connectivity index (χ3n) is 10.3. The summed E-state index contributed by atoms with van der Waals surface area (Å²) in [6, 6.07) is 20.4. The molecule has 278 valence electrons. The van der Waals surface area contributed by atoms with Crippen LogP contribution in [0.4, 0.5) is 17.1 Å². The van der Waals surface area contributed by atoms with Crippen LogP contribution in [0.1, 0.15) is 72.0 Å². The van der Waals surface area contributed by atoms with Crippen LogP contribution in [0.2, 0.25) is 0 Å². The van der Waals surface area contributed by atoms with Gasteiger partial charge in [-0.15, -0.1) is 0 Å². The highest BCUT2D eigenvalue weighted by Gasteiger charge is 2.28. The van der Waals surface area contributed by atoms with Crippen molar-refractivity contribution in [3.8, 4) is 11.5 Å². The lowest BCUT2D eigenvalue weighted by Gasteiger charge is -2.34. The first-order valence-corrected chi connectivity index (χ1v) is 18.7. The molecule has 3 aromatic carbocycles. The largest absolute Gasteiger partial charge is 0.497 e. The summed E-state index contributed by atoms with van der Waals surface area (Å²) in [7, 11) is 5.52. The van der Waals surface area contributed by atoms with Gasteiger partial charge in [-0.1, -0.05) is 50.8 Å². The molecule has 0 saturated carbocycles. The standard InChI is InChI=1S/C43H53N7O3/c1-8-32-12-10-13-33(9-2)40(32)46-43(51)41-37-15-11-14-34(29(3)42(37)50(47-41)28-31-16-19-36(52-6)20-17-31)27-44-30(4)45-38-21-18-35(26-39(38)53-7)49-24-22-48(5)23-25-49/h10,12-13,16-21,26-27H,3,8-9,11,14-15,22-25,28H2,1-2,4-7H3,(H,44,45)(H,46,51)/b34-27-. The molecule has 1 aromatic heterocycles. The molecule has 1 amide bonds. The van der Waals surface area contributed by atoms with Gasteiger partial charge in [0.15, 0.2) is 5.69 Å². The number of piperazine rings is 1. The zero-order valence-corrected chi connectivity index (χ0v) is 32.1. The number of carbonyl (C=O) groups excluding carboxylic acids is 1. The van der Waals surface area contributed by atoms with Crippen molar-refractivity contribution in [3.63, 3.8) is 0 Å². The van der Waals surface area contributed by atoms with Crippen LogP contribution in [-0.4, -0.2) is 73.9 Å². The van der Waals surface area contributed by atoms with Crippen LogP contribution in [0.15, 0.2) is 84.0 Å². The van der Waals surface area contributed by atoms with Crippen LogP contribution in [0.25, 0.3) is 5.57 Å². The topological polar surface area (TPSA) is 96.3 Å². The first kappa shape index (κ1) is 37.4. The molecule has 0 unspecified atom stereocenters. The second-order valence-corrected chi connectivity index (χ2v) is 13.8. The summed E-state index contributed by atoms with van der Waals surface area (Å²) in [6.45, 7) is 15.3. The number of hydrogen-bond donors (Lipinski definition) is 2. The van der Waals surface area contributed by atoms with Crippen molar-refractivity contribution < 1.29 is 14.3 Å². The number of methoxy groups -OCH3 is 2. The van der Waals surface area contributed by atoms with E-state index >= 15 is 0 Å². The summed E-state index contributed by atoms with van der Waals surface area (Å²) in [4.78, 5) is 23.7. The number of allylic oxidation sites excluding steroid dienone is 2. The maximum absolute atomic E-state index is 14.1. The lowest BCUT2D eigenvalue weighted by molar-refractivity contribution is 0.102. The van der Waals surface area contributed by atoms with E-state index in [-0.39, 0.29) is 5.91 Å². The number of hydrogen-bond acceptors (Lipinski definition) is 7. The van der Waals surface area contributed by atoms with Gasteiger partial charge >= 0.3 is 0 Å². The van der Waals surface area contributed by atoms with Crippen molar-refractivity contribution in [2.45, 2.75) is 59.4 Å². The van der Waals surface area contributed by atoms with E-state index in [1.54, 1.807) is 14.2 Å². The number of likely N-dealkylation sites (N-methyl/N-ethyl adjacent to an activating group) is 1. The highest BCUT2D eigenvalue weighted by Crippen LogP contribution is 2.36. The number of amides is 1. The Morgan fingerprint density at radius 1 is 0.943 bits per heavy atom. The fourth-order valence-electron chi connectivity index (χ4n) is 7.20. The van der Waals surface area contributed by atoms with Crippen molar-refractivity contribution in [2.75, 3.05) is 63.0 Å². The Bertz CT molecular complexity index is 1980. The lowest BCUT2D eigenvalue weighted by Crippen LogP contribution is -2.44. The molecule has 53 heavy (non-hydrogen) atoms. The van der Waals surface area contributed by atoms with Crippen LogP contribution >= 0.6 is 0 Å². The van der Waals surface area contributed by atoms with E-state index in [1.165, 1.54) is 0 Å². The number of fused-ring (bicyclic) bond motifs is 1. The molecule has 0 spiro atoms. The highest BCUT2D eigenvalue weighted by molar-refractivity contribution is 6.06. The Kier molecular flexibility index (Phi) is 12.0. The van der Waals surface area contributed by atoms with Crippen LogP contribution < -0.4 is 25.0 Å². The Hall–Kier alpha value is -5.35. The number of nitrogens with zero attached hydrogens (tertiary/aromatic N) is 5. The van der Waals surface area contributed by atoms with Gasteiger partial charge in [-0.25, -0.2) is 4.99 Å².